The number of anilines is 1. The zero-order valence-electron chi connectivity index (χ0n) is 13.1. The third kappa shape index (κ3) is 4.27. The number of hydrogen-bond donors (Lipinski definition) is 2. The summed E-state index contributed by atoms with van der Waals surface area (Å²) >= 11 is 1.52. The van der Waals surface area contributed by atoms with Gasteiger partial charge < -0.3 is 11.1 Å². The van der Waals surface area contributed by atoms with Gasteiger partial charge in [0.05, 0.1) is 5.69 Å². The summed E-state index contributed by atoms with van der Waals surface area (Å²) in [5.41, 5.74) is 7.10. The summed E-state index contributed by atoms with van der Waals surface area (Å²) in [6, 6.07) is 0.191. The van der Waals surface area contributed by atoms with Crippen LogP contribution in [0.15, 0.2) is 5.38 Å². The van der Waals surface area contributed by atoms with Crippen LogP contribution in [0.2, 0.25) is 0 Å². The third-order valence-corrected chi connectivity index (χ3v) is 5.60. The van der Waals surface area contributed by atoms with Crippen molar-refractivity contribution in [1.29, 1.82) is 0 Å². The average Bonchev–Trinajstić information content (AvgIpc) is 3.10. The van der Waals surface area contributed by atoms with E-state index in [9.17, 15) is 4.79 Å². The molecule has 0 radical (unpaired) electrons. The molecule has 0 unspecified atom stereocenters. The van der Waals surface area contributed by atoms with Gasteiger partial charge in [0.25, 0.3) is 0 Å². The smallest absolute Gasteiger partial charge is 0.226 e. The fourth-order valence-corrected chi connectivity index (χ4v) is 4.23. The largest absolute Gasteiger partial charge is 0.327 e. The number of carbonyl (C=O) groups excluding carboxylic acids is 1. The highest BCUT2D eigenvalue weighted by atomic mass is 32.1. The maximum atomic E-state index is 12.1. The van der Waals surface area contributed by atoms with Crippen LogP contribution in [0.3, 0.4) is 0 Å². The number of thiazole rings is 1. The molecule has 0 bridgehead atoms. The Kier molecular flexibility index (Phi) is 5.44. The van der Waals surface area contributed by atoms with Crippen molar-refractivity contribution in [3.05, 3.63) is 11.1 Å². The number of carbonyl (C=O) groups is 1. The Bertz CT molecular complexity index is 498. The summed E-state index contributed by atoms with van der Waals surface area (Å²) in [6.45, 7) is 3.23. The van der Waals surface area contributed by atoms with Crippen molar-refractivity contribution in [3.8, 4) is 0 Å². The number of nitrogens with two attached hydrogens (primary N) is 1. The van der Waals surface area contributed by atoms with E-state index < -0.39 is 0 Å². The number of rotatable bonds is 5. The zero-order valence-corrected chi connectivity index (χ0v) is 13.9. The number of aromatic nitrogens is 1. The van der Waals surface area contributed by atoms with Crippen LogP contribution < -0.4 is 11.1 Å². The van der Waals surface area contributed by atoms with Crippen LogP contribution in [0.1, 0.15) is 50.6 Å². The summed E-state index contributed by atoms with van der Waals surface area (Å²) in [5, 5.41) is 5.73. The normalized spacial score (nSPS) is 26.2. The van der Waals surface area contributed by atoms with Crippen LogP contribution in [-0.2, 0) is 11.3 Å². The summed E-state index contributed by atoms with van der Waals surface area (Å²) in [7, 11) is 0. The van der Waals surface area contributed by atoms with E-state index in [0.29, 0.717) is 12.3 Å². The molecule has 1 aromatic heterocycles. The van der Waals surface area contributed by atoms with Crippen molar-refractivity contribution >= 4 is 22.4 Å². The lowest BCUT2D eigenvalue weighted by Gasteiger charge is -2.25. The van der Waals surface area contributed by atoms with Gasteiger partial charge in [-0.3, -0.25) is 9.69 Å². The number of piperidine rings is 1. The lowest BCUT2D eigenvalue weighted by atomic mass is 10.00. The quantitative estimate of drug-likeness (QED) is 0.874. The Balaban J connectivity index is 1.47. The Morgan fingerprint density at radius 2 is 2.14 bits per heavy atom. The Labute approximate surface area is 136 Å². The minimum atomic E-state index is 0.0567. The molecule has 2 atom stereocenters. The summed E-state index contributed by atoms with van der Waals surface area (Å²) in [6.07, 6.45) is 7.73. The van der Waals surface area contributed by atoms with Gasteiger partial charge in [0.2, 0.25) is 5.91 Å². The van der Waals surface area contributed by atoms with E-state index in [0.717, 1.165) is 36.6 Å². The van der Waals surface area contributed by atoms with Crippen molar-refractivity contribution in [2.45, 2.75) is 57.5 Å². The van der Waals surface area contributed by atoms with Gasteiger partial charge in [0.1, 0.15) is 0 Å². The molecule has 1 aromatic rings. The summed E-state index contributed by atoms with van der Waals surface area (Å²) in [5.74, 6) is 0.397. The molecule has 5 nitrogen and oxygen atoms in total. The number of nitrogens with one attached hydrogen (secondary N) is 1. The van der Waals surface area contributed by atoms with Gasteiger partial charge in [0, 0.05) is 24.4 Å². The van der Waals surface area contributed by atoms with Gasteiger partial charge in [-0.1, -0.05) is 12.8 Å². The fraction of sp³-hybridized carbons (Fsp3) is 0.750. The highest BCUT2D eigenvalue weighted by molar-refractivity contribution is 7.13. The first-order valence-electron chi connectivity index (χ1n) is 8.43. The van der Waals surface area contributed by atoms with Crippen LogP contribution in [0.4, 0.5) is 5.13 Å². The first-order valence-corrected chi connectivity index (χ1v) is 9.31. The van der Waals surface area contributed by atoms with Crippen LogP contribution in [0.5, 0.6) is 0 Å². The molecule has 3 N–H and O–H groups in total. The molecule has 1 aliphatic carbocycles. The van der Waals surface area contributed by atoms with Gasteiger partial charge in [-0.05, 0) is 44.7 Å². The van der Waals surface area contributed by atoms with Gasteiger partial charge >= 0.3 is 0 Å². The fourth-order valence-electron chi connectivity index (χ4n) is 3.51. The average molecular weight is 322 g/mol. The Morgan fingerprint density at radius 1 is 1.32 bits per heavy atom. The lowest BCUT2D eigenvalue weighted by Crippen LogP contribution is -2.29. The molecule has 6 heteroatoms. The third-order valence-electron chi connectivity index (χ3n) is 4.80. The molecule has 1 amide bonds. The van der Waals surface area contributed by atoms with Gasteiger partial charge in [-0.2, -0.15) is 0 Å². The molecule has 1 aliphatic heterocycles. The molecule has 0 spiro atoms. The molecule has 22 heavy (non-hydrogen) atoms. The minimum absolute atomic E-state index is 0.0567. The molecular weight excluding hydrogens is 296 g/mol. The minimum Gasteiger partial charge on any atom is -0.327 e. The second kappa shape index (κ2) is 7.53. The maximum Gasteiger partial charge on any atom is 0.226 e. The van der Waals surface area contributed by atoms with Gasteiger partial charge in [0.15, 0.2) is 5.13 Å². The number of hydrogen-bond acceptors (Lipinski definition) is 5. The van der Waals surface area contributed by atoms with Crippen LogP contribution in [-0.4, -0.2) is 34.9 Å². The molecule has 1 saturated heterocycles. The molecular formula is C16H26N4OS. The molecule has 2 aliphatic rings. The number of amides is 1. The maximum absolute atomic E-state index is 12.1. The van der Waals surface area contributed by atoms with E-state index in [2.05, 4.69) is 20.6 Å². The molecule has 3 rings (SSSR count). The van der Waals surface area contributed by atoms with E-state index >= 15 is 0 Å². The molecule has 1 saturated carbocycles. The van der Waals surface area contributed by atoms with Crippen molar-refractivity contribution in [3.63, 3.8) is 0 Å². The standard InChI is InChI=1S/C16H26N4OS/c17-14-6-4-5-12(14)9-15(21)19-16-18-13(11-22-16)10-20-7-2-1-3-8-20/h11-12,14H,1-10,17H2,(H,18,19,21)/t12-,14+/m0/s1. The second-order valence-corrected chi connectivity index (χ2v) is 7.45. The van der Waals surface area contributed by atoms with Crippen molar-refractivity contribution < 1.29 is 4.79 Å². The van der Waals surface area contributed by atoms with E-state index in [-0.39, 0.29) is 11.9 Å². The highest BCUT2D eigenvalue weighted by Crippen LogP contribution is 2.27. The van der Waals surface area contributed by atoms with Crippen molar-refractivity contribution in [1.82, 2.24) is 9.88 Å². The second-order valence-electron chi connectivity index (χ2n) is 6.59. The van der Waals surface area contributed by atoms with Crippen LogP contribution in [0.25, 0.3) is 0 Å². The molecule has 0 aromatic carbocycles. The van der Waals surface area contributed by atoms with E-state index in [1.165, 1.54) is 43.7 Å². The number of likely N-dealkylation sites (tertiary alicyclic amines) is 1. The first kappa shape index (κ1) is 15.9. The van der Waals surface area contributed by atoms with E-state index in [4.69, 9.17) is 5.73 Å². The van der Waals surface area contributed by atoms with Crippen LogP contribution in [0, 0.1) is 5.92 Å². The van der Waals surface area contributed by atoms with E-state index in [1.807, 2.05) is 0 Å². The summed E-state index contributed by atoms with van der Waals surface area (Å²) < 4.78 is 0. The first-order chi connectivity index (χ1) is 10.7. The Hall–Kier alpha value is -0.980. The van der Waals surface area contributed by atoms with Gasteiger partial charge in [-0.25, -0.2) is 4.98 Å². The predicted octanol–water partition coefficient (Wildman–Crippen LogP) is 2.59. The zero-order chi connectivity index (χ0) is 15.4. The van der Waals surface area contributed by atoms with Gasteiger partial charge in [-0.15, -0.1) is 11.3 Å². The molecule has 122 valence electrons. The lowest BCUT2D eigenvalue weighted by molar-refractivity contribution is -0.117. The number of nitrogens with zero attached hydrogens (tertiary/aromatic N) is 2. The van der Waals surface area contributed by atoms with Crippen molar-refractivity contribution in [2.75, 3.05) is 18.4 Å². The van der Waals surface area contributed by atoms with Crippen molar-refractivity contribution in [2.24, 2.45) is 11.7 Å². The topological polar surface area (TPSA) is 71.2 Å². The molecule has 2 heterocycles. The van der Waals surface area contributed by atoms with E-state index in [1.54, 1.807) is 0 Å². The Morgan fingerprint density at radius 3 is 2.86 bits per heavy atom. The highest BCUT2D eigenvalue weighted by Gasteiger charge is 2.26. The SMILES string of the molecule is N[C@@H]1CCC[C@H]1CC(=O)Nc1nc(CN2CCCCC2)cs1. The predicted molar refractivity (Wildman–Crippen MR) is 89.8 cm³/mol. The van der Waals surface area contributed by atoms with Crippen LogP contribution >= 0.6 is 11.3 Å². The molecule has 2 fully saturated rings. The summed E-state index contributed by atoms with van der Waals surface area (Å²) in [4.78, 5) is 19.1. The monoisotopic (exact) mass is 322 g/mol.